The lowest BCUT2D eigenvalue weighted by Crippen LogP contribution is -2.70. The summed E-state index contributed by atoms with van der Waals surface area (Å²) in [4.78, 5) is 107. The number of halogens is 11. The number of ether oxygens (including phenoxy) is 5. The highest BCUT2D eigenvalue weighted by atomic mass is 35.8. The van der Waals surface area contributed by atoms with E-state index in [9.17, 15) is 38.0 Å². The van der Waals surface area contributed by atoms with Crippen LogP contribution in [0.5, 0.6) is 0 Å². The molecule has 0 unspecified atom stereocenters. The van der Waals surface area contributed by atoms with Gasteiger partial charge < -0.3 is 84.1 Å². The fourth-order valence-corrected chi connectivity index (χ4v) is 20.5. The lowest BCUT2D eigenvalue weighted by Gasteiger charge is -2.54. The van der Waals surface area contributed by atoms with Crippen LogP contribution in [0.4, 0.5) is 4.39 Å². The molecule has 10 heterocycles. The van der Waals surface area contributed by atoms with Crippen molar-refractivity contribution in [1.29, 1.82) is 0 Å². The number of carbonyl (C=O) groups excluding carboxylic acids is 6. The van der Waals surface area contributed by atoms with Gasteiger partial charge in [-0.05, 0) is 157 Å². The minimum absolute atomic E-state index is 0. The van der Waals surface area contributed by atoms with Gasteiger partial charge in [-0.1, -0.05) is 261 Å². The van der Waals surface area contributed by atoms with Crippen LogP contribution in [0.1, 0.15) is 118 Å². The number of carboxylic acids is 1. The summed E-state index contributed by atoms with van der Waals surface area (Å²) in [5.74, 6) is -1.09. The van der Waals surface area contributed by atoms with Crippen LogP contribution in [0.3, 0.4) is 0 Å². The van der Waals surface area contributed by atoms with Crippen molar-refractivity contribution in [3.05, 3.63) is 245 Å². The molecule has 0 radical (unpaired) electrons. The topological polar surface area (TPSA) is 277 Å². The molecule has 0 aliphatic carbocycles. The van der Waals surface area contributed by atoms with E-state index >= 15 is 0 Å². The Hall–Kier alpha value is -5.97. The second-order valence-electron chi connectivity index (χ2n) is 36.0. The van der Waals surface area contributed by atoms with Gasteiger partial charge in [-0.15, -0.1) is 12.4 Å². The first-order valence-electron chi connectivity index (χ1n) is 46.5. The number of nitrogens with two attached hydrogens (primary N) is 1. The number of rotatable bonds is 18. The Morgan fingerprint density at radius 1 is 0.421 bits per heavy atom. The number of amides is 4. The molecule has 7 aromatic rings. The van der Waals surface area contributed by atoms with E-state index in [0.29, 0.717) is 146 Å². The molecule has 0 spiro atoms. The van der Waals surface area contributed by atoms with Gasteiger partial charge in [-0.25, -0.2) is 30.1 Å². The number of likely N-dealkylation sites (tertiary alicyclic amines) is 3. The number of benzene rings is 7. The number of ketones is 2. The van der Waals surface area contributed by atoms with Gasteiger partial charge in [0.15, 0.2) is 0 Å². The second kappa shape index (κ2) is 69.6. The summed E-state index contributed by atoms with van der Waals surface area (Å²) in [6, 6.07) is 58.3. The molecule has 812 valence electrons. The average molecular weight is 2240 g/mol. The molecule has 7 aromatic carbocycles. The van der Waals surface area contributed by atoms with Gasteiger partial charge >= 0.3 is 17.4 Å². The molecule has 0 aromatic heterocycles. The maximum atomic E-state index is 13.4. The lowest BCUT2D eigenvalue weighted by molar-refractivity contribution is -0.161. The number of hydrogen-bond donors (Lipinski definition) is 4. The smallest absolute Gasteiger partial charge is 0.481 e. The minimum atomic E-state index is -1.72. The number of alkyl halides is 1. The van der Waals surface area contributed by atoms with Gasteiger partial charge in [-0.2, -0.15) is 0 Å². The molecule has 26 nitrogen and oxygen atoms in total. The van der Waals surface area contributed by atoms with Crippen molar-refractivity contribution in [1.82, 2.24) is 54.3 Å². The van der Waals surface area contributed by atoms with E-state index in [4.69, 9.17) is 141 Å². The number of likely N-dealkylation sites (N-methyl/N-ethyl adjacent to an activating group) is 4. The summed E-state index contributed by atoms with van der Waals surface area (Å²) < 4.78 is 44.3. The molecule has 10 fully saturated rings. The normalized spacial score (nSPS) is 23.7. The largest absolute Gasteiger partial charge is 0.643 e. The number of aliphatic carboxylic acids is 1. The summed E-state index contributed by atoms with van der Waals surface area (Å²) in [6.45, 7) is 13.5. The Morgan fingerprint density at radius 2 is 0.752 bits per heavy atom. The Morgan fingerprint density at radius 3 is 1.15 bits per heavy atom. The van der Waals surface area contributed by atoms with Gasteiger partial charge in [0, 0.05) is 108 Å². The molecule has 38 heteroatoms. The van der Waals surface area contributed by atoms with Crippen molar-refractivity contribution in [2.45, 2.75) is 196 Å². The molecule has 0 saturated carbocycles. The van der Waals surface area contributed by atoms with Crippen LogP contribution in [0.15, 0.2) is 176 Å². The monoisotopic (exact) mass is 2230 g/mol. The standard InChI is InChI=1S/C24H29Cl2N3O2.C17H23Cl2N3O2.C17H22N2O3.C17H26N2O.C15H18N2O3.C8H6Cl2O2.CH3F.CH4O.7CH4.Al.4ClH/c1-27(2)21-15-31-16-22-24(21)29(11-10-28(22)14-17-6-4-3-5-7-17)23(30)13-18-8-9-19(25)20(26)12-18;1-21(2)15-10-24-9-14-17(15)22(6-5-20-14)16(23)8-11-3-4-12(18)13(19)7-11;1-18(2)14-10-22-11-15-13(14)8-16(20)17(21)19(15)9-12-6-4-3-5-7-12;1-18(2)16-12-20-13-17-15(16)9-6-10-19(17)11-14-7-4-3-5-8-14;16-12-8-20-9-13-11(12)6-14(18)15(19)17(13)7-10-4-2-1-3-5-10;9-6-2-1-5(3-7(6)10)4-8(11)12;2*1-2;;;;;;;;;;;;/h3-9,12,21-22,24H,10-11,13-16H2,1-2H3;3-4,7,14-15,17,20H,5-6,8-10H2,1-2H3;3-7,13-15H,8-11H2,1-2H3;3-5,7-8,15-17H,6,9-13H2,1-2H3;1-5,11-13H,6-9,16H2;1-3H,4H2,(H,11,12);1H3;2H,1H3;7*1H4;;4*1H/q;;;;;;;;;;;;;;;+3;;;;/p-3/t21-,22+,24+;14-,15+,17+;13-,14+,15-;15-,16+,17-;11-,12+,13-;;;;;;;;;;;;;;;/m01111.............../s1/i;;;;;;1D;;;;;;;;;;;;;. The Bertz CT molecular complexity index is 4970. The SMILES string of the molecule is C.C.C.C.C.C.C.CN(C)[C@H]1COC[C@@H]2[C@@H]1CC(=O)C(=O)N2Cc1ccccc1.CN(C)[C@H]1COC[C@@H]2[C@@H]1CCCN2Cc1ccccc1.CN(C)[C@H]1COC[C@@H]2[C@@H]1N(C(=O)Cc1ccc(Cl)c(Cl)c1)CCN2Cc1ccccc1.CN(C)[C@H]1COC[C@H]2NCCN(C(=O)Cc3ccc(Cl)c(Cl)c3)[C@@H]21.CO.Cl.N[C@H]1COC[C@@H]2[C@@H]1CC(=O)C(=O)N2Cc1ccccc1.O=C(O)Cc1ccc(Cl)c(Cl)c1.[2H]CF.[Cl][Al]([Cl])[Cl]. The van der Waals surface area contributed by atoms with Gasteiger partial charge in [-0.3, -0.25) is 47.8 Å². The van der Waals surface area contributed by atoms with Gasteiger partial charge in [0.1, 0.15) is 0 Å². The molecule has 10 saturated heterocycles. The molecule has 10 aliphatic heterocycles. The summed E-state index contributed by atoms with van der Waals surface area (Å²) in [6.07, 6.45) is 3.87. The van der Waals surface area contributed by atoms with Crippen molar-refractivity contribution in [3.63, 3.8) is 0 Å². The fraction of sp³-hybridized carbons (Fsp3) is 0.542. The minimum Gasteiger partial charge on any atom is -0.481 e. The number of aliphatic hydroxyl groups is 1. The van der Waals surface area contributed by atoms with Crippen LogP contribution in [0, 0.1) is 17.8 Å². The van der Waals surface area contributed by atoms with Crippen LogP contribution in [0.2, 0.25) is 30.1 Å². The molecule has 15 atom stereocenters. The summed E-state index contributed by atoms with van der Waals surface area (Å²) >= 11 is 33.8. The maximum Gasteiger partial charge on any atom is 0.643 e. The molecule has 5 N–H and O–H groups in total. The van der Waals surface area contributed by atoms with E-state index in [1.807, 2.05) is 112 Å². The third-order valence-corrected chi connectivity index (χ3v) is 28.6. The van der Waals surface area contributed by atoms with Crippen LogP contribution in [-0.4, -0.2) is 354 Å². The number of nitrogens with one attached hydrogen (secondary N) is 1. The molecular weight excluding hydrogens is 2080 g/mol. The number of aliphatic hydroxyl groups excluding tert-OH is 1. The quantitative estimate of drug-likeness (QED) is 0.0459. The van der Waals surface area contributed by atoms with Crippen molar-refractivity contribution in [2.75, 3.05) is 169 Å². The molecule has 145 heavy (non-hydrogen) atoms. The van der Waals surface area contributed by atoms with Crippen molar-refractivity contribution < 1.29 is 73.2 Å². The zero-order valence-corrected chi connectivity index (χ0v) is 88.4. The fourth-order valence-electron chi connectivity index (χ4n) is 19.5. The first-order valence-corrected chi connectivity index (χ1v) is 53.3. The molecule has 17 rings (SSSR count). The zero-order chi connectivity index (χ0) is 100. The Kier molecular flexibility index (Phi) is 64.8. The van der Waals surface area contributed by atoms with Crippen LogP contribution in [-0.2, 0) is 103 Å². The van der Waals surface area contributed by atoms with E-state index in [1.165, 1.54) is 30.5 Å². The highest BCUT2D eigenvalue weighted by molar-refractivity contribution is 7.54. The lowest BCUT2D eigenvalue weighted by atomic mass is 9.80. The number of Topliss-reactive ketones (excluding diaryl/α,β-unsaturated/α-hetero) is 2. The van der Waals surface area contributed by atoms with E-state index < -0.39 is 30.4 Å². The number of nitrogens with zero attached hydrogens (tertiary/aromatic N) is 10. The van der Waals surface area contributed by atoms with Crippen molar-refractivity contribution in [2.24, 2.45) is 23.5 Å². The van der Waals surface area contributed by atoms with Gasteiger partial charge in [0.2, 0.25) is 23.4 Å². The summed E-state index contributed by atoms with van der Waals surface area (Å²) in [5.41, 5.74) is 13.2. The zero-order valence-electron chi connectivity index (χ0n) is 80.6. The molecule has 0 bridgehead atoms. The van der Waals surface area contributed by atoms with Crippen LogP contribution in [0.25, 0.3) is 0 Å². The van der Waals surface area contributed by atoms with Crippen molar-refractivity contribution >= 4 is 165 Å². The summed E-state index contributed by atoms with van der Waals surface area (Å²) in [7, 11) is 31.4. The number of fused-ring (bicyclic) bond motifs is 5. The highest BCUT2D eigenvalue weighted by Crippen LogP contribution is 2.38. The molecular formula is C107H160AlCl10FN12O14. The number of carboxylic acid groups (broad SMARTS) is 1. The van der Waals surface area contributed by atoms with Crippen molar-refractivity contribution in [3.8, 4) is 0 Å². The van der Waals surface area contributed by atoms with E-state index in [1.54, 1.807) is 52.3 Å². The second-order valence-corrected chi connectivity index (χ2v) is 44.9. The Labute approximate surface area is 918 Å². The maximum absolute atomic E-state index is 13.4. The highest BCUT2D eigenvalue weighted by Gasteiger charge is 2.51. The third-order valence-electron chi connectivity index (χ3n) is 26.4. The number of piperidine rings is 3. The average Bonchev–Trinajstić information content (AvgIpc) is 0.763. The number of carbonyl (C=O) groups is 7. The predicted octanol–water partition coefficient (Wildman–Crippen LogP) is 18.1. The first-order chi connectivity index (χ1) is 66.1. The Balaban J connectivity index is 0.000000864. The van der Waals surface area contributed by atoms with E-state index in [-0.39, 0.29) is 179 Å². The number of hydrogen-bond acceptors (Lipinski definition) is 21. The third kappa shape index (κ3) is 40.2. The van der Waals surface area contributed by atoms with Gasteiger partial charge in [0.05, 0.1) is 172 Å². The summed E-state index contributed by atoms with van der Waals surface area (Å²) in [5, 5.41) is 21.7. The van der Waals surface area contributed by atoms with Gasteiger partial charge in [0.25, 0.3) is 11.8 Å². The van der Waals surface area contributed by atoms with E-state index in [2.05, 4.69) is 122 Å². The first kappa shape index (κ1) is 135. The number of piperazine rings is 2. The molecule has 10 aliphatic rings. The molecule has 4 amide bonds. The predicted molar refractivity (Wildman–Crippen MR) is 598 cm³/mol. The van der Waals surface area contributed by atoms with Crippen LogP contribution < -0.4 is 11.1 Å². The van der Waals surface area contributed by atoms with E-state index in [0.717, 1.165) is 74.7 Å². The van der Waals surface area contributed by atoms with Crippen LogP contribution >= 0.6 is 112 Å².